The number of pyridine rings is 1. The highest BCUT2D eigenvalue weighted by molar-refractivity contribution is 7.10. The number of likely N-dealkylation sites (tertiary alicyclic amines) is 1. The Hall–Kier alpha value is -2.77. The van der Waals surface area contributed by atoms with Crippen LogP contribution >= 0.6 is 11.3 Å². The molecule has 1 saturated heterocycles. The van der Waals surface area contributed by atoms with Crippen LogP contribution in [0.3, 0.4) is 0 Å². The van der Waals surface area contributed by atoms with E-state index in [1.807, 2.05) is 69.4 Å². The summed E-state index contributed by atoms with van der Waals surface area (Å²) in [6.07, 6.45) is 3.89. The maximum absolute atomic E-state index is 13.7. The van der Waals surface area contributed by atoms with Crippen molar-refractivity contribution < 1.29 is 13.9 Å². The Balaban J connectivity index is 1.57. The van der Waals surface area contributed by atoms with Crippen molar-refractivity contribution in [2.24, 2.45) is 5.41 Å². The largest absolute Gasteiger partial charge is 0.443 e. The van der Waals surface area contributed by atoms with Crippen molar-refractivity contribution in [2.45, 2.75) is 65.0 Å². The number of benzene rings is 1. The predicted octanol–water partition coefficient (Wildman–Crippen LogP) is 7.18. The topological polar surface area (TPSA) is 54.5 Å². The number of para-hydroxylation sites is 1. The van der Waals surface area contributed by atoms with Gasteiger partial charge in [0.15, 0.2) is 5.13 Å². The minimum absolute atomic E-state index is 0.169. The van der Waals surface area contributed by atoms with Crippen LogP contribution in [0.25, 0.3) is 0 Å². The lowest BCUT2D eigenvalue weighted by atomic mass is 9.69. The molecule has 0 saturated carbocycles. The Labute approximate surface area is 217 Å². The maximum atomic E-state index is 13.7. The van der Waals surface area contributed by atoms with Crippen molar-refractivity contribution in [3.8, 4) is 0 Å². The summed E-state index contributed by atoms with van der Waals surface area (Å²) in [7, 11) is 0. The third-order valence-corrected chi connectivity index (χ3v) is 8.82. The van der Waals surface area contributed by atoms with Crippen LogP contribution in [0.4, 0.5) is 14.9 Å². The van der Waals surface area contributed by atoms with Gasteiger partial charge in [0.05, 0.1) is 0 Å². The van der Waals surface area contributed by atoms with E-state index in [0.29, 0.717) is 5.69 Å². The minimum Gasteiger partial charge on any atom is -0.443 e. The van der Waals surface area contributed by atoms with Crippen molar-refractivity contribution in [3.63, 3.8) is 0 Å². The second-order valence-corrected chi connectivity index (χ2v) is 11.9. The first-order chi connectivity index (χ1) is 17.0. The van der Waals surface area contributed by atoms with E-state index < -0.39 is 11.7 Å². The first-order valence-corrected chi connectivity index (χ1v) is 13.3. The number of ether oxygens (including phenoxy) is 1. The van der Waals surface area contributed by atoms with Gasteiger partial charge in [-0.2, -0.15) is 4.39 Å². The molecule has 0 bridgehead atoms. The molecule has 36 heavy (non-hydrogen) atoms. The van der Waals surface area contributed by atoms with Crippen molar-refractivity contribution in [1.29, 1.82) is 0 Å². The second kappa shape index (κ2) is 10.3. The number of anilines is 1. The molecule has 192 valence electrons. The molecule has 1 amide bonds. The van der Waals surface area contributed by atoms with Gasteiger partial charge in [-0.15, -0.1) is 11.3 Å². The number of hydrogen-bond donors (Lipinski definition) is 1. The van der Waals surface area contributed by atoms with Gasteiger partial charge in [-0.05, 0) is 96.3 Å². The molecule has 4 rings (SSSR count). The molecule has 1 fully saturated rings. The standard InChI is InChI=1S/C29H36FN3O2S/c1-21-11-12-22(19-31-21)27(2,3)33-18-17-29(20-33,16-15-24-13-14-25(30)36-24)28(4,5)35-26(34)32-23-9-7-6-8-10-23/h6-14,19H,15-18,20H2,1-5H3,(H,32,34)/t29-/m1/s1. The highest BCUT2D eigenvalue weighted by Crippen LogP contribution is 2.49. The summed E-state index contributed by atoms with van der Waals surface area (Å²) in [5.74, 6) is 0. The lowest BCUT2D eigenvalue weighted by Gasteiger charge is -2.45. The lowest BCUT2D eigenvalue weighted by Crippen LogP contribution is -2.51. The quantitative estimate of drug-likeness (QED) is 0.349. The number of carbonyl (C=O) groups excluding carboxylic acids is 1. The lowest BCUT2D eigenvalue weighted by molar-refractivity contribution is -0.0641. The first-order valence-electron chi connectivity index (χ1n) is 12.5. The van der Waals surface area contributed by atoms with E-state index in [9.17, 15) is 9.18 Å². The number of hydrogen-bond acceptors (Lipinski definition) is 5. The van der Waals surface area contributed by atoms with Crippen molar-refractivity contribution >= 4 is 23.1 Å². The van der Waals surface area contributed by atoms with Crippen molar-refractivity contribution in [2.75, 3.05) is 18.4 Å². The van der Waals surface area contributed by atoms with Gasteiger partial charge >= 0.3 is 6.09 Å². The molecule has 1 N–H and O–H groups in total. The van der Waals surface area contributed by atoms with Crippen LogP contribution in [0.5, 0.6) is 0 Å². The Morgan fingerprint density at radius 1 is 1.14 bits per heavy atom. The number of carbonyl (C=O) groups is 1. The Bertz CT molecular complexity index is 1180. The summed E-state index contributed by atoms with van der Waals surface area (Å²) in [5, 5.41) is 2.69. The number of amides is 1. The fourth-order valence-corrected chi connectivity index (χ4v) is 5.94. The second-order valence-electron chi connectivity index (χ2n) is 10.8. The van der Waals surface area contributed by atoms with E-state index in [1.165, 1.54) is 17.4 Å². The van der Waals surface area contributed by atoms with Gasteiger partial charge in [0.2, 0.25) is 0 Å². The van der Waals surface area contributed by atoms with Crippen LogP contribution in [-0.2, 0) is 16.7 Å². The summed E-state index contributed by atoms with van der Waals surface area (Å²) >= 11 is 1.19. The Morgan fingerprint density at radius 3 is 2.53 bits per heavy atom. The molecular weight excluding hydrogens is 473 g/mol. The summed E-state index contributed by atoms with van der Waals surface area (Å²) in [5.41, 5.74) is 1.55. The van der Waals surface area contributed by atoms with Crippen molar-refractivity contribution in [3.05, 3.63) is 82.1 Å². The van der Waals surface area contributed by atoms with Crippen LogP contribution in [0.15, 0.2) is 60.8 Å². The van der Waals surface area contributed by atoms with Gasteiger partial charge in [0.25, 0.3) is 0 Å². The van der Waals surface area contributed by atoms with E-state index >= 15 is 0 Å². The highest BCUT2D eigenvalue weighted by Gasteiger charge is 2.53. The molecule has 5 nitrogen and oxygen atoms in total. The molecule has 1 aliphatic heterocycles. The van der Waals surface area contributed by atoms with Gasteiger partial charge in [-0.25, -0.2) is 4.79 Å². The molecule has 1 atom stereocenters. The van der Waals surface area contributed by atoms with E-state index in [-0.39, 0.29) is 16.1 Å². The van der Waals surface area contributed by atoms with Gasteiger partial charge in [0.1, 0.15) is 5.60 Å². The van der Waals surface area contributed by atoms with Gasteiger partial charge in [-0.1, -0.05) is 24.3 Å². The number of rotatable bonds is 8. The zero-order valence-corrected chi connectivity index (χ0v) is 22.6. The fraction of sp³-hybridized carbons (Fsp3) is 0.448. The zero-order chi connectivity index (χ0) is 26.0. The Kier molecular flexibility index (Phi) is 7.53. The summed E-state index contributed by atoms with van der Waals surface area (Å²) in [4.78, 5) is 20.9. The van der Waals surface area contributed by atoms with Crippen LogP contribution in [-0.4, -0.2) is 34.7 Å². The first kappa shape index (κ1) is 26.3. The SMILES string of the molecule is Cc1ccc(C(C)(C)N2CC[C@@](CCc3ccc(F)s3)(C(C)(C)OC(=O)Nc3ccccc3)C2)cn1. The third kappa shape index (κ3) is 5.62. The van der Waals surface area contributed by atoms with E-state index in [2.05, 4.69) is 35.1 Å². The molecular formula is C29H36FN3O2S. The van der Waals surface area contributed by atoms with E-state index in [4.69, 9.17) is 4.74 Å². The summed E-state index contributed by atoms with van der Waals surface area (Å²) < 4.78 is 19.8. The van der Waals surface area contributed by atoms with Gasteiger partial charge in [0, 0.05) is 40.0 Å². The number of aromatic nitrogens is 1. The van der Waals surface area contributed by atoms with Crippen LogP contribution in [0.1, 0.15) is 56.7 Å². The molecule has 3 aromatic rings. The van der Waals surface area contributed by atoms with Gasteiger partial charge in [-0.3, -0.25) is 15.2 Å². The van der Waals surface area contributed by atoms with Gasteiger partial charge < -0.3 is 4.74 Å². The van der Waals surface area contributed by atoms with Crippen LogP contribution in [0, 0.1) is 17.5 Å². The number of nitrogens with one attached hydrogen (secondary N) is 1. The van der Waals surface area contributed by atoms with Crippen LogP contribution in [0.2, 0.25) is 0 Å². The average molecular weight is 510 g/mol. The highest BCUT2D eigenvalue weighted by atomic mass is 32.1. The maximum Gasteiger partial charge on any atom is 0.412 e. The number of nitrogens with zero attached hydrogens (tertiary/aromatic N) is 2. The third-order valence-electron chi connectivity index (χ3n) is 7.89. The molecule has 3 heterocycles. The monoisotopic (exact) mass is 509 g/mol. The fourth-order valence-electron chi connectivity index (χ4n) is 5.21. The minimum atomic E-state index is -0.752. The Morgan fingerprint density at radius 2 is 1.89 bits per heavy atom. The zero-order valence-electron chi connectivity index (χ0n) is 21.8. The number of aryl methyl sites for hydroxylation is 2. The number of halogens is 1. The summed E-state index contributed by atoms with van der Waals surface area (Å²) in [6, 6.07) is 16.9. The molecule has 7 heteroatoms. The molecule has 0 aliphatic carbocycles. The molecule has 0 radical (unpaired) electrons. The van der Waals surface area contributed by atoms with E-state index in [0.717, 1.165) is 48.5 Å². The molecule has 2 aromatic heterocycles. The molecule has 1 aliphatic rings. The predicted molar refractivity (Wildman–Crippen MR) is 144 cm³/mol. The smallest absolute Gasteiger partial charge is 0.412 e. The average Bonchev–Trinajstić information content (AvgIpc) is 3.46. The molecule has 1 aromatic carbocycles. The van der Waals surface area contributed by atoms with E-state index in [1.54, 1.807) is 0 Å². The number of thiophene rings is 1. The summed E-state index contributed by atoms with van der Waals surface area (Å²) in [6.45, 7) is 12.1. The normalized spacial score (nSPS) is 18.8. The van der Waals surface area contributed by atoms with Crippen LogP contribution < -0.4 is 5.32 Å². The molecule has 0 unspecified atom stereocenters. The molecule has 0 spiro atoms. The van der Waals surface area contributed by atoms with Crippen molar-refractivity contribution in [1.82, 2.24) is 9.88 Å².